The van der Waals surface area contributed by atoms with Crippen LogP contribution in [-0.2, 0) is 11.3 Å². The van der Waals surface area contributed by atoms with E-state index >= 15 is 0 Å². The molecule has 0 spiro atoms. The van der Waals surface area contributed by atoms with Gasteiger partial charge >= 0.3 is 0 Å². The monoisotopic (exact) mass is 424 g/mol. The third kappa shape index (κ3) is 5.49. The SMILES string of the molecule is CN=C(NCc1ccccc1N1CCOCC1)N1CCC(CSc2ccccc2)C1. The molecule has 1 unspecified atom stereocenters. The molecule has 2 heterocycles. The minimum Gasteiger partial charge on any atom is -0.378 e. The van der Waals surface area contributed by atoms with Crippen molar-refractivity contribution in [3.8, 4) is 0 Å². The second-order valence-corrected chi connectivity index (χ2v) is 8.95. The summed E-state index contributed by atoms with van der Waals surface area (Å²) in [6, 6.07) is 19.4. The predicted molar refractivity (Wildman–Crippen MR) is 127 cm³/mol. The first-order valence-electron chi connectivity index (χ1n) is 10.9. The van der Waals surface area contributed by atoms with Gasteiger partial charge in [0.1, 0.15) is 0 Å². The van der Waals surface area contributed by atoms with Crippen LogP contribution in [0, 0.1) is 5.92 Å². The summed E-state index contributed by atoms with van der Waals surface area (Å²) in [5.41, 5.74) is 2.62. The molecule has 0 saturated carbocycles. The third-order valence-electron chi connectivity index (χ3n) is 5.81. The Morgan fingerprint density at radius 3 is 2.63 bits per heavy atom. The van der Waals surface area contributed by atoms with E-state index in [1.807, 2.05) is 18.8 Å². The van der Waals surface area contributed by atoms with Crippen molar-refractivity contribution in [3.05, 3.63) is 60.2 Å². The van der Waals surface area contributed by atoms with Gasteiger partial charge in [-0.15, -0.1) is 11.8 Å². The number of guanidine groups is 1. The first-order valence-corrected chi connectivity index (χ1v) is 11.9. The number of aliphatic imine (C=N–C) groups is 1. The molecule has 2 fully saturated rings. The van der Waals surface area contributed by atoms with Crippen molar-refractivity contribution >= 4 is 23.4 Å². The zero-order chi connectivity index (χ0) is 20.6. The van der Waals surface area contributed by atoms with Crippen LogP contribution < -0.4 is 10.2 Å². The second kappa shape index (κ2) is 10.7. The number of nitrogens with one attached hydrogen (secondary N) is 1. The number of ether oxygens (including phenoxy) is 1. The van der Waals surface area contributed by atoms with E-state index in [4.69, 9.17) is 4.74 Å². The number of benzene rings is 2. The van der Waals surface area contributed by atoms with Gasteiger partial charge in [0, 0.05) is 56.1 Å². The molecule has 0 amide bonds. The fraction of sp³-hybridized carbons (Fsp3) is 0.458. The Hall–Kier alpha value is -2.18. The van der Waals surface area contributed by atoms with Crippen LogP contribution >= 0.6 is 11.8 Å². The van der Waals surface area contributed by atoms with Gasteiger partial charge in [-0.3, -0.25) is 4.99 Å². The third-order valence-corrected chi connectivity index (χ3v) is 7.05. The average Bonchev–Trinajstić information content (AvgIpc) is 3.28. The number of likely N-dealkylation sites (tertiary alicyclic amines) is 1. The Morgan fingerprint density at radius 1 is 1.07 bits per heavy atom. The summed E-state index contributed by atoms with van der Waals surface area (Å²) in [7, 11) is 1.89. The summed E-state index contributed by atoms with van der Waals surface area (Å²) < 4.78 is 5.52. The maximum atomic E-state index is 5.52. The quantitative estimate of drug-likeness (QED) is 0.435. The molecule has 160 valence electrons. The molecule has 6 heteroatoms. The van der Waals surface area contributed by atoms with Crippen LogP contribution in [0.1, 0.15) is 12.0 Å². The second-order valence-electron chi connectivity index (χ2n) is 7.85. The van der Waals surface area contributed by atoms with Gasteiger partial charge in [0.25, 0.3) is 0 Å². The summed E-state index contributed by atoms with van der Waals surface area (Å²) in [6.07, 6.45) is 1.23. The molecule has 2 aromatic carbocycles. The van der Waals surface area contributed by atoms with E-state index in [1.165, 1.54) is 22.6 Å². The van der Waals surface area contributed by atoms with Crippen LogP contribution in [0.25, 0.3) is 0 Å². The minimum atomic E-state index is 0.703. The molecule has 2 aliphatic rings. The smallest absolute Gasteiger partial charge is 0.193 e. The summed E-state index contributed by atoms with van der Waals surface area (Å²) in [4.78, 5) is 10.8. The Bertz CT molecular complexity index is 823. The van der Waals surface area contributed by atoms with E-state index < -0.39 is 0 Å². The molecule has 5 nitrogen and oxygen atoms in total. The van der Waals surface area contributed by atoms with Gasteiger partial charge in [-0.2, -0.15) is 0 Å². The lowest BCUT2D eigenvalue weighted by Gasteiger charge is -2.31. The topological polar surface area (TPSA) is 40.1 Å². The number of thioether (sulfide) groups is 1. The number of nitrogens with zero attached hydrogens (tertiary/aromatic N) is 3. The maximum Gasteiger partial charge on any atom is 0.193 e. The van der Waals surface area contributed by atoms with Gasteiger partial charge < -0.3 is 19.9 Å². The molecule has 2 aromatic rings. The van der Waals surface area contributed by atoms with Gasteiger partial charge in [0.05, 0.1) is 13.2 Å². The molecular weight excluding hydrogens is 392 g/mol. The van der Waals surface area contributed by atoms with E-state index in [0.717, 1.165) is 57.6 Å². The number of hydrogen-bond acceptors (Lipinski definition) is 4. The maximum absolute atomic E-state index is 5.52. The highest BCUT2D eigenvalue weighted by Crippen LogP contribution is 2.26. The zero-order valence-electron chi connectivity index (χ0n) is 17.8. The standard InChI is InChI=1S/C24H32N4OS/c1-25-24(28-12-11-20(18-28)19-30-22-8-3-2-4-9-22)26-17-21-7-5-6-10-23(21)27-13-15-29-16-14-27/h2-10,20H,11-19H2,1H3,(H,25,26). The largest absolute Gasteiger partial charge is 0.378 e. The van der Waals surface area contributed by atoms with Gasteiger partial charge in [-0.05, 0) is 36.1 Å². The number of anilines is 1. The molecule has 4 rings (SSSR count). The van der Waals surface area contributed by atoms with Crippen LogP contribution in [0.5, 0.6) is 0 Å². The molecule has 0 bridgehead atoms. The lowest BCUT2D eigenvalue weighted by molar-refractivity contribution is 0.122. The molecule has 2 saturated heterocycles. The van der Waals surface area contributed by atoms with Crippen LogP contribution in [0.3, 0.4) is 0 Å². The number of rotatable bonds is 6. The Kier molecular flexibility index (Phi) is 7.54. The van der Waals surface area contributed by atoms with Crippen molar-refractivity contribution in [2.45, 2.75) is 17.9 Å². The van der Waals surface area contributed by atoms with E-state index in [-0.39, 0.29) is 0 Å². The first-order chi connectivity index (χ1) is 14.8. The normalized spacial score (nSPS) is 19.9. The van der Waals surface area contributed by atoms with Gasteiger partial charge in [-0.1, -0.05) is 36.4 Å². The van der Waals surface area contributed by atoms with E-state index in [9.17, 15) is 0 Å². The van der Waals surface area contributed by atoms with Crippen LogP contribution in [0.15, 0.2) is 64.5 Å². The molecule has 0 radical (unpaired) electrons. The molecule has 1 N–H and O–H groups in total. The summed E-state index contributed by atoms with van der Waals surface area (Å²) >= 11 is 1.96. The summed E-state index contributed by atoms with van der Waals surface area (Å²) in [5, 5.41) is 3.61. The van der Waals surface area contributed by atoms with Gasteiger partial charge in [0.15, 0.2) is 5.96 Å². The Balaban J connectivity index is 1.30. The van der Waals surface area contributed by atoms with E-state index in [0.29, 0.717) is 5.92 Å². The highest BCUT2D eigenvalue weighted by atomic mass is 32.2. The molecule has 30 heavy (non-hydrogen) atoms. The average molecular weight is 425 g/mol. The molecule has 0 aliphatic carbocycles. The van der Waals surface area contributed by atoms with Crippen LogP contribution in [0.4, 0.5) is 5.69 Å². The van der Waals surface area contributed by atoms with E-state index in [1.54, 1.807) is 0 Å². The number of morpholine rings is 1. The Morgan fingerprint density at radius 2 is 1.83 bits per heavy atom. The highest BCUT2D eigenvalue weighted by Gasteiger charge is 2.25. The summed E-state index contributed by atoms with van der Waals surface area (Å²) in [5.74, 6) is 2.88. The van der Waals surface area contributed by atoms with Crippen molar-refractivity contribution in [3.63, 3.8) is 0 Å². The van der Waals surface area contributed by atoms with Crippen molar-refractivity contribution in [2.75, 3.05) is 57.1 Å². The first kappa shape index (κ1) is 21.1. The lowest BCUT2D eigenvalue weighted by Crippen LogP contribution is -2.40. The predicted octanol–water partition coefficient (Wildman–Crippen LogP) is 3.71. The van der Waals surface area contributed by atoms with Gasteiger partial charge in [0.2, 0.25) is 0 Å². The van der Waals surface area contributed by atoms with Crippen molar-refractivity contribution < 1.29 is 4.74 Å². The fourth-order valence-electron chi connectivity index (χ4n) is 4.17. The zero-order valence-corrected chi connectivity index (χ0v) is 18.6. The number of para-hydroxylation sites is 1. The van der Waals surface area contributed by atoms with Crippen molar-refractivity contribution in [1.29, 1.82) is 0 Å². The highest BCUT2D eigenvalue weighted by molar-refractivity contribution is 7.99. The summed E-state index contributed by atoms with van der Waals surface area (Å²) in [6.45, 7) is 6.46. The van der Waals surface area contributed by atoms with Crippen molar-refractivity contribution in [2.24, 2.45) is 10.9 Å². The van der Waals surface area contributed by atoms with Crippen LogP contribution in [-0.4, -0.2) is 63.1 Å². The molecular formula is C24H32N4OS. The lowest BCUT2D eigenvalue weighted by atomic mass is 10.1. The fourth-order valence-corrected chi connectivity index (χ4v) is 5.22. The number of hydrogen-bond donors (Lipinski definition) is 1. The van der Waals surface area contributed by atoms with Crippen LogP contribution in [0.2, 0.25) is 0 Å². The van der Waals surface area contributed by atoms with E-state index in [2.05, 4.69) is 74.7 Å². The molecule has 1 atom stereocenters. The minimum absolute atomic E-state index is 0.703. The molecule has 2 aliphatic heterocycles. The molecule has 0 aromatic heterocycles. The Labute approximate surface area is 184 Å². The van der Waals surface area contributed by atoms with Crippen molar-refractivity contribution in [1.82, 2.24) is 10.2 Å². The van der Waals surface area contributed by atoms with Gasteiger partial charge in [-0.25, -0.2) is 0 Å².